The maximum Gasteiger partial charge on any atom is 0.433 e. The summed E-state index contributed by atoms with van der Waals surface area (Å²) in [5, 5.41) is 9.33. The standard InChI is InChI=1S/C15H20F3N3O2/c16-15(17,18)13-11-3-1-2-4-12(11)19-14(20-13)21-5-6-23-9-10(7-21)8-22/h10,22H,1-9H2/t10-/m1/s1. The van der Waals surface area contributed by atoms with Crippen LogP contribution in [0.15, 0.2) is 0 Å². The fourth-order valence-electron chi connectivity index (χ4n) is 3.13. The Labute approximate surface area is 132 Å². The summed E-state index contributed by atoms with van der Waals surface area (Å²) >= 11 is 0. The van der Waals surface area contributed by atoms with Gasteiger partial charge in [-0.25, -0.2) is 9.97 Å². The van der Waals surface area contributed by atoms with Crippen molar-refractivity contribution >= 4 is 5.95 Å². The molecule has 2 aliphatic rings. The molecule has 0 radical (unpaired) electrons. The van der Waals surface area contributed by atoms with Gasteiger partial charge in [0.25, 0.3) is 0 Å². The quantitative estimate of drug-likeness (QED) is 0.896. The predicted molar refractivity (Wildman–Crippen MR) is 77.3 cm³/mol. The molecule has 23 heavy (non-hydrogen) atoms. The molecule has 1 aromatic heterocycles. The first-order valence-electron chi connectivity index (χ1n) is 7.89. The van der Waals surface area contributed by atoms with Crippen LogP contribution in [0.4, 0.5) is 19.1 Å². The summed E-state index contributed by atoms with van der Waals surface area (Å²) in [4.78, 5) is 9.94. The molecule has 0 unspecified atom stereocenters. The van der Waals surface area contributed by atoms with Crippen molar-refractivity contribution in [1.29, 1.82) is 0 Å². The third-order valence-corrected chi connectivity index (χ3v) is 4.32. The maximum absolute atomic E-state index is 13.4. The number of ether oxygens (including phenoxy) is 1. The van der Waals surface area contributed by atoms with Crippen LogP contribution in [0.1, 0.15) is 29.8 Å². The SMILES string of the molecule is OC[C@@H]1COCCN(c2nc3c(c(C(F)(F)F)n2)CCCC3)C1. The number of nitrogens with zero attached hydrogens (tertiary/aromatic N) is 3. The third kappa shape index (κ3) is 3.58. The minimum atomic E-state index is -4.47. The second-order valence-electron chi connectivity index (χ2n) is 6.07. The zero-order chi connectivity index (χ0) is 16.4. The van der Waals surface area contributed by atoms with E-state index < -0.39 is 11.9 Å². The molecule has 1 aromatic rings. The van der Waals surface area contributed by atoms with Crippen LogP contribution in [0, 0.1) is 5.92 Å². The zero-order valence-corrected chi connectivity index (χ0v) is 12.8. The van der Waals surface area contributed by atoms with Crippen molar-refractivity contribution < 1.29 is 23.0 Å². The van der Waals surface area contributed by atoms with E-state index in [-0.39, 0.29) is 24.0 Å². The lowest BCUT2D eigenvalue weighted by molar-refractivity contribution is -0.142. The van der Waals surface area contributed by atoms with Crippen LogP contribution < -0.4 is 4.90 Å². The number of hydrogen-bond acceptors (Lipinski definition) is 5. The lowest BCUT2D eigenvalue weighted by atomic mass is 9.94. The summed E-state index contributed by atoms with van der Waals surface area (Å²) in [6.45, 7) is 1.52. The van der Waals surface area contributed by atoms with E-state index in [1.807, 2.05) is 0 Å². The number of rotatable bonds is 2. The number of aliphatic hydroxyl groups excluding tert-OH is 1. The van der Waals surface area contributed by atoms with Crippen LogP contribution in [0.3, 0.4) is 0 Å². The van der Waals surface area contributed by atoms with Crippen LogP contribution in [-0.2, 0) is 23.8 Å². The van der Waals surface area contributed by atoms with E-state index in [9.17, 15) is 18.3 Å². The topological polar surface area (TPSA) is 58.5 Å². The smallest absolute Gasteiger partial charge is 0.396 e. The van der Waals surface area contributed by atoms with E-state index >= 15 is 0 Å². The normalized spacial score (nSPS) is 22.6. The van der Waals surface area contributed by atoms with Crippen molar-refractivity contribution in [1.82, 2.24) is 9.97 Å². The molecule has 0 spiro atoms. The van der Waals surface area contributed by atoms with Crippen molar-refractivity contribution in [3.05, 3.63) is 17.0 Å². The van der Waals surface area contributed by atoms with Crippen LogP contribution in [0.25, 0.3) is 0 Å². The average molecular weight is 331 g/mol. The van der Waals surface area contributed by atoms with Gasteiger partial charge < -0.3 is 14.7 Å². The Morgan fingerprint density at radius 1 is 1.22 bits per heavy atom. The number of aliphatic hydroxyl groups is 1. The molecule has 0 aromatic carbocycles. The fourth-order valence-corrected chi connectivity index (χ4v) is 3.13. The van der Waals surface area contributed by atoms with E-state index in [4.69, 9.17) is 4.74 Å². The van der Waals surface area contributed by atoms with Gasteiger partial charge in [-0.2, -0.15) is 13.2 Å². The van der Waals surface area contributed by atoms with Gasteiger partial charge in [0, 0.05) is 36.9 Å². The Bertz CT molecular complexity index is 566. The van der Waals surface area contributed by atoms with Gasteiger partial charge in [-0.15, -0.1) is 0 Å². The molecule has 0 amide bonds. The van der Waals surface area contributed by atoms with Gasteiger partial charge in [0.2, 0.25) is 5.95 Å². The minimum absolute atomic E-state index is 0.0758. The number of hydrogen-bond donors (Lipinski definition) is 1. The van der Waals surface area contributed by atoms with E-state index in [1.165, 1.54) is 0 Å². The summed E-state index contributed by atoms with van der Waals surface area (Å²) in [5.74, 6) is -0.0478. The first kappa shape index (κ1) is 16.4. The van der Waals surface area contributed by atoms with Gasteiger partial charge in [-0.05, 0) is 25.7 Å². The second kappa shape index (κ2) is 6.60. The molecule has 1 aliphatic carbocycles. The van der Waals surface area contributed by atoms with E-state index in [0.717, 1.165) is 12.8 Å². The number of anilines is 1. The number of halogens is 3. The Morgan fingerprint density at radius 2 is 2.00 bits per heavy atom. The van der Waals surface area contributed by atoms with Crippen molar-refractivity contribution in [2.24, 2.45) is 5.92 Å². The van der Waals surface area contributed by atoms with Gasteiger partial charge in [-0.3, -0.25) is 0 Å². The summed E-state index contributed by atoms with van der Waals surface area (Å²) < 4.78 is 45.5. The minimum Gasteiger partial charge on any atom is -0.396 e. The first-order valence-corrected chi connectivity index (χ1v) is 7.89. The molecule has 1 aliphatic heterocycles. The predicted octanol–water partition coefficient (Wildman–Crippen LogP) is 1.82. The molecule has 5 nitrogen and oxygen atoms in total. The van der Waals surface area contributed by atoms with Gasteiger partial charge in [0.05, 0.1) is 13.2 Å². The van der Waals surface area contributed by atoms with Crippen molar-refractivity contribution in [3.63, 3.8) is 0 Å². The fraction of sp³-hybridized carbons (Fsp3) is 0.733. The molecule has 2 heterocycles. The lowest BCUT2D eigenvalue weighted by Gasteiger charge is -2.26. The molecular weight excluding hydrogens is 311 g/mol. The first-order chi connectivity index (χ1) is 11.0. The number of fused-ring (bicyclic) bond motifs is 1. The highest BCUT2D eigenvalue weighted by Crippen LogP contribution is 2.35. The molecule has 1 atom stereocenters. The molecule has 1 saturated heterocycles. The molecule has 0 saturated carbocycles. The average Bonchev–Trinajstić information content (AvgIpc) is 2.78. The molecule has 1 N–H and O–H groups in total. The molecule has 3 rings (SSSR count). The van der Waals surface area contributed by atoms with E-state index in [1.54, 1.807) is 4.90 Å². The highest BCUT2D eigenvalue weighted by atomic mass is 19.4. The summed E-state index contributed by atoms with van der Waals surface area (Å²) in [5.41, 5.74) is -0.0421. The Hall–Kier alpha value is -1.41. The summed E-state index contributed by atoms with van der Waals surface area (Å²) in [7, 11) is 0. The van der Waals surface area contributed by atoms with Crippen LogP contribution in [0.5, 0.6) is 0 Å². The Balaban J connectivity index is 1.98. The van der Waals surface area contributed by atoms with Crippen LogP contribution >= 0.6 is 0 Å². The third-order valence-electron chi connectivity index (χ3n) is 4.32. The Kier molecular flexibility index (Phi) is 4.72. The highest BCUT2D eigenvalue weighted by molar-refractivity contribution is 5.40. The van der Waals surface area contributed by atoms with E-state index in [0.29, 0.717) is 44.8 Å². The van der Waals surface area contributed by atoms with Crippen LogP contribution in [-0.4, -0.2) is 48.0 Å². The van der Waals surface area contributed by atoms with Crippen LogP contribution in [0.2, 0.25) is 0 Å². The largest absolute Gasteiger partial charge is 0.433 e. The monoisotopic (exact) mass is 331 g/mol. The second-order valence-corrected chi connectivity index (χ2v) is 6.07. The Morgan fingerprint density at radius 3 is 2.74 bits per heavy atom. The number of alkyl halides is 3. The lowest BCUT2D eigenvalue weighted by Crippen LogP contribution is -2.34. The van der Waals surface area contributed by atoms with Gasteiger partial charge in [0.1, 0.15) is 0 Å². The van der Waals surface area contributed by atoms with E-state index in [2.05, 4.69) is 9.97 Å². The molecule has 0 bridgehead atoms. The number of aromatic nitrogens is 2. The molecular formula is C15H20F3N3O2. The maximum atomic E-state index is 13.4. The molecule has 1 fully saturated rings. The molecule has 128 valence electrons. The highest BCUT2D eigenvalue weighted by Gasteiger charge is 2.38. The van der Waals surface area contributed by atoms with Gasteiger partial charge in [0.15, 0.2) is 5.69 Å². The summed E-state index contributed by atoms with van der Waals surface area (Å²) in [6, 6.07) is 0. The van der Waals surface area contributed by atoms with Crippen molar-refractivity contribution in [2.45, 2.75) is 31.9 Å². The van der Waals surface area contributed by atoms with Crippen molar-refractivity contribution in [2.75, 3.05) is 37.8 Å². The zero-order valence-electron chi connectivity index (χ0n) is 12.8. The van der Waals surface area contributed by atoms with Gasteiger partial charge in [-0.1, -0.05) is 0 Å². The number of aryl methyl sites for hydroxylation is 1. The summed E-state index contributed by atoms with van der Waals surface area (Å²) in [6.07, 6.45) is -1.95. The van der Waals surface area contributed by atoms with Crippen molar-refractivity contribution in [3.8, 4) is 0 Å². The van der Waals surface area contributed by atoms with Gasteiger partial charge >= 0.3 is 6.18 Å². The molecule has 8 heteroatoms.